The quantitative estimate of drug-likeness (QED) is 0.355. The third-order valence-electron chi connectivity index (χ3n) is 5.72. The number of aryl methyl sites for hydroxylation is 1. The Balaban J connectivity index is 1.56. The first-order valence-corrected chi connectivity index (χ1v) is 12.8. The molecule has 9 heteroatoms. The summed E-state index contributed by atoms with van der Waals surface area (Å²) in [5, 5.41) is 2.02. The van der Waals surface area contributed by atoms with Crippen molar-refractivity contribution in [3.05, 3.63) is 80.0 Å². The molecule has 35 heavy (non-hydrogen) atoms. The van der Waals surface area contributed by atoms with Crippen LogP contribution in [0.15, 0.2) is 58.4 Å². The smallest absolute Gasteiger partial charge is 0.254 e. The highest BCUT2D eigenvalue weighted by atomic mass is 79.9. The van der Waals surface area contributed by atoms with Gasteiger partial charge in [-0.3, -0.25) is 9.59 Å². The predicted molar refractivity (Wildman–Crippen MR) is 138 cm³/mol. The standard InChI is InChI=1S/C26H27BrN2O5S/c1-18-8-11-35-24(18)15-29(14-19-6-7-22-23(12-19)34-17-33-22)25(30)16-28(9-10-32-2)26(31)20-4-3-5-21(27)13-20/h3-8,11-13H,9-10,14-17H2,1-2H3. The van der Waals surface area contributed by atoms with E-state index in [0.29, 0.717) is 43.3 Å². The number of methoxy groups -OCH3 is 1. The summed E-state index contributed by atoms with van der Waals surface area (Å²) in [6.07, 6.45) is 0. The molecule has 0 atom stereocenters. The Bertz CT molecular complexity index is 1200. The Morgan fingerprint density at radius 1 is 1.06 bits per heavy atom. The molecule has 0 fully saturated rings. The van der Waals surface area contributed by atoms with Crippen molar-refractivity contribution in [2.45, 2.75) is 20.0 Å². The maximum Gasteiger partial charge on any atom is 0.254 e. The molecule has 184 valence electrons. The normalized spacial score (nSPS) is 12.0. The van der Waals surface area contributed by atoms with E-state index in [1.807, 2.05) is 42.6 Å². The van der Waals surface area contributed by atoms with Crippen LogP contribution in [0.4, 0.5) is 0 Å². The van der Waals surface area contributed by atoms with Crippen LogP contribution in [0, 0.1) is 6.92 Å². The first kappa shape index (κ1) is 25.2. The van der Waals surface area contributed by atoms with Gasteiger partial charge in [0.05, 0.1) is 13.2 Å². The molecule has 1 aromatic heterocycles. The first-order chi connectivity index (χ1) is 16.9. The summed E-state index contributed by atoms with van der Waals surface area (Å²) in [6.45, 7) is 3.67. The second-order valence-electron chi connectivity index (χ2n) is 8.19. The fourth-order valence-electron chi connectivity index (χ4n) is 3.75. The molecule has 0 radical (unpaired) electrons. The van der Waals surface area contributed by atoms with Crippen molar-refractivity contribution in [1.82, 2.24) is 9.80 Å². The van der Waals surface area contributed by atoms with Gasteiger partial charge in [-0.05, 0) is 59.8 Å². The summed E-state index contributed by atoms with van der Waals surface area (Å²) in [4.78, 5) is 31.3. The fourth-order valence-corrected chi connectivity index (χ4v) is 5.07. The fraction of sp³-hybridized carbons (Fsp3) is 0.308. The molecule has 2 aromatic carbocycles. The maximum absolute atomic E-state index is 13.6. The predicted octanol–water partition coefficient (Wildman–Crippen LogP) is 4.87. The van der Waals surface area contributed by atoms with Crippen LogP contribution < -0.4 is 9.47 Å². The Morgan fingerprint density at radius 3 is 2.63 bits per heavy atom. The van der Waals surface area contributed by atoms with Gasteiger partial charge in [-0.15, -0.1) is 11.3 Å². The zero-order chi connectivity index (χ0) is 24.8. The minimum absolute atomic E-state index is 0.0519. The minimum atomic E-state index is -0.216. The van der Waals surface area contributed by atoms with Crippen LogP contribution in [0.5, 0.6) is 11.5 Å². The molecule has 0 unspecified atom stereocenters. The molecule has 4 rings (SSSR count). The number of carbonyl (C=O) groups excluding carboxylic acids is 2. The maximum atomic E-state index is 13.6. The van der Waals surface area contributed by atoms with Crippen molar-refractivity contribution >= 4 is 39.1 Å². The highest BCUT2D eigenvalue weighted by Crippen LogP contribution is 2.33. The summed E-state index contributed by atoms with van der Waals surface area (Å²) in [5.41, 5.74) is 2.58. The minimum Gasteiger partial charge on any atom is -0.454 e. The van der Waals surface area contributed by atoms with Crippen LogP contribution >= 0.6 is 27.3 Å². The molecule has 0 saturated carbocycles. The Morgan fingerprint density at radius 2 is 1.89 bits per heavy atom. The number of halogens is 1. The Labute approximate surface area is 217 Å². The molecule has 2 amide bonds. The van der Waals surface area contributed by atoms with Crippen LogP contribution in [0.2, 0.25) is 0 Å². The Hall–Kier alpha value is -2.88. The molecular formula is C26H27BrN2O5S. The SMILES string of the molecule is COCCN(CC(=O)N(Cc1ccc2c(c1)OCO2)Cc1sccc1C)C(=O)c1cccc(Br)c1. The van der Waals surface area contributed by atoms with Crippen molar-refractivity contribution in [3.63, 3.8) is 0 Å². The lowest BCUT2D eigenvalue weighted by Gasteiger charge is -2.28. The number of nitrogens with zero attached hydrogens (tertiary/aromatic N) is 2. The lowest BCUT2D eigenvalue weighted by molar-refractivity contribution is -0.133. The van der Waals surface area contributed by atoms with Crippen molar-refractivity contribution in [2.24, 2.45) is 0 Å². The number of hydrogen-bond donors (Lipinski definition) is 0. The van der Waals surface area contributed by atoms with Gasteiger partial charge < -0.3 is 24.0 Å². The first-order valence-electron chi connectivity index (χ1n) is 11.2. The van der Waals surface area contributed by atoms with Gasteiger partial charge >= 0.3 is 0 Å². The third-order valence-corrected chi connectivity index (χ3v) is 7.22. The van der Waals surface area contributed by atoms with E-state index in [1.165, 1.54) is 0 Å². The lowest BCUT2D eigenvalue weighted by Crippen LogP contribution is -2.43. The van der Waals surface area contributed by atoms with E-state index in [0.717, 1.165) is 20.5 Å². The molecule has 1 aliphatic heterocycles. The average molecular weight is 559 g/mol. The third kappa shape index (κ3) is 6.42. The van der Waals surface area contributed by atoms with Gasteiger partial charge in [-0.2, -0.15) is 0 Å². The van der Waals surface area contributed by atoms with Crippen molar-refractivity contribution in [2.75, 3.05) is 33.6 Å². The van der Waals surface area contributed by atoms with Crippen LogP contribution in [0.1, 0.15) is 26.4 Å². The number of carbonyl (C=O) groups is 2. The molecule has 2 heterocycles. The van der Waals surface area contributed by atoms with Crippen LogP contribution in [0.3, 0.4) is 0 Å². The van der Waals surface area contributed by atoms with E-state index in [1.54, 1.807) is 46.4 Å². The monoisotopic (exact) mass is 558 g/mol. The number of rotatable bonds is 10. The highest BCUT2D eigenvalue weighted by molar-refractivity contribution is 9.10. The van der Waals surface area contributed by atoms with E-state index in [-0.39, 0.29) is 25.2 Å². The lowest BCUT2D eigenvalue weighted by atomic mass is 10.1. The Kier molecular flexibility index (Phi) is 8.43. The van der Waals surface area contributed by atoms with Crippen molar-refractivity contribution in [3.8, 4) is 11.5 Å². The van der Waals surface area contributed by atoms with Crippen molar-refractivity contribution < 1.29 is 23.8 Å². The second-order valence-corrected chi connectivity index (χ2v) is 10.1. The summed E-state index contributed by atoms with van der Waals surface area (Å²) in [7, 11) is 1.58. The van der Waals surface area contributed by atoms with E-state index in [2.05, 4.69) is 15.9 Å². The zero-order valence-electron chi connectivity index (χ0n) is 19.7. The highest BCUT2D eigenvalue weighted by Gasteiger charge is 2.24. The molecule has 0 aliphatic carbocycles. The molecule has 1 aliphatic rings. The number of amides is 2. The van der Waals surface area contributed by atoms with Gasteiger partial charge in [0.2, 0.25) is 12.7 Å². The van der Waals surface area contributed by atoms with Gasteiger partial charge in [-0.25, -0.2) is 0 Å². The molecule has 7 nitrogen and oxygen atoms in total. The van der Waals surface area contributed by atoms with Crippen molar-refractivity contribution in [1.29, 1.82) is 0 Å². The van der Waals surface area contributed by atoms with E-state index < -0.39 is 0 Å². The zero-order valence-corrected chi connectivity index (χ0v) is 22.1. The number of benzene rings is 2. The van der Waals surface area contributed by atoms with Gasteiger partial charge in [0.1, 0.15) is 6.54 Å². The van der Waals surface area contributed by atoms with E-state index in [9.17, 15) is 9.59 Å². The molecule has 0 bridgehead atoms. The van der Waals surface area contributed by atoms with Crippen LogP contribution in [-0.4, -0.2) is 55.2 Å². The van der Waals surface area contributed by atoms with Gasteiger partial charge in [0.15, 0.2) is 11.5 Å². The van der Waals surface area contributed by atoms with E-state index in [4.69, 9.17) is 14.2 Å². The molecule has 3 aromatic rings. The molecule has 0 spiro atoms. The van der Waals surface area contributed by atoms with Gasteiger partial charge in [0, 0.05) is 35.1 Å². The molecule has 0 N–H and O–H groups in total. The topological polar surface area (TPSA) is 68.3 Å². The van der Waals surface area contributed by atoms with Gasteiger partial charge in [0.25, 0.3) is 5.91 Å². The van der Waals surface area contributed by atoms with E-state index >= 15 is 0 Å². The number of ether oxygens (including phenoxy) is 3. The van der Waals surface area contributed by atoms with Gasteiger partial charge in [-0.1, -0.05) is 28.1 Å². The summed E-state index contributed by atoms with van der Waals surface area (Å²) in [5.74, 6) is 1.02. The van der Waals surface area contributed by atoms with Crippen LogP contribution in [0.25, 0.3) is 0 Å². The number of fused-ring (bicyclic) bond motifs is 1. The van der Waals surface area contributed by atoms with Crippen LogP contribution in [-0.2, 0) is 22.6 Å². The largest absolute Gasteiger partial charge is 0.454 e. The summed E-state index contributed by atoms with van der Waals surface area (Å²) >= 11 is 5.04. The summed E-state index contributed by atoms with van der Waals surface area (Å²) < 4.78 is 16.9. The second kappa shape index (κ2) is 11.7. The summed E-state index contributed by atoms with van der Waals surface area (Å²) in [6, 6.07) is 14.9. The average Bonchev–Trinajstić information content (AvgIpc) is 3.49. The molecule has 0 saturated heterocycles. The molecular weight excluding hydrogens is 532 g/mol. The number of thiophene rings is 1. The number of hydrogen-bond acceptors (Lipinski definition) is 6.